The Morgan fingerprint density at radius 3 is 1.91 bits per heavy atom. The first-order valence-electron chi connectivity index (χ1n) is 7.84. The first-order valence-corrected chi connectivity index (χ1v) is 7.84. The molecule has 0 aliphatic carbocycles. The fraction of sp³-hybridized carbons (Fsp3) is 0.0455. The molecular formula is C22H17N. The summed E-state index contributed by atoms with van der Waals surface area (Å²) in [6, 6.07) is 27.5. The number of nitrogens with zero attached hydrogens (tertiary/aromatic N) is 1. The average Bonchev–Trinajstić information content (AvgIpc) is 2.64. The fourth-order valence-electron chi connectivity index (χ4n) is 3.15. The fourth-order valence-corrected chi connectivity index (χ4v) is 3.15. The molecule has 0 radical (unpaired) electrons. The molecule has 0 amide bonds. The predicted molar refractivity (Wildman–Crippen MR) is 97.4 cm³/mol. The molecule has 0 saturated heterocycles. The average molecular weight is 295 g/mol. The molecule has 3 aromatic carbocycles. The van der Waals surface area contributed by atoms with Gasteiger partial charge in [-0.1, -0.05) is 66.7 Å². The van der Waals surface area contributed by atoms with Gasteiger partial charge in [-0.25, -0.2) is 0 Å². The molecule has 0 atom stereocenters. The van der Waals surface area contributed by atoms with E-state index >= 15 is 0 Å². The molecule has 1 aromatic heterocycles. The molecule has 4 aromatic rings. The standard InChI is InChI=1S/C22H17N/c1-16-20(17-9-4-2-5-10-17)15-21(18-11-6-3-7-12-18)19-13-8-14-23-22(16)19/h2-15H,1H3. The van der Waals surface area contributed by atoms with Crippen LogP contribution < -0.4 is 0 Å². The van der Waals surface area contributed by atoms with E-state index in [1.807, 2.05) is 12.3 Å². The first-order chi connectivity index (χ1) is 11.3. The van der Waals surface area contributed by atoms with E-state index in [1.165, 1.54) is 33.2 Å². The molecule has 110 valence electrons. The van der Waals surface area contributed by atoms with Crippen LogP contribution in [0.15, 0.2) is 85.1 Å². The van der Waals surface area contributed by atoms with Gasteiger partial charge in [-0.3, -0.25) is 4.98 Å². The van der Waals surface area contributed by atoms with E-state index in [9.17, 15) is 0 Å². The highest BCUT2D eigenvalue weighted by Gasteiger charge is 2.12. The van der Waals surface area contributed by atoms with Crippen molar-refractivity contribution >= 4 is 10.9 Å². The van der Waals surface area contributed by atoms with Crippen molar-refractivity contribution in [2.75, 3.05) is 0 Å². The molecule has 0 aliphatic heterocycles. The minimum Gasteiger partial charge on any atom is -0.256 e. The van der Waals surface area contributed by atoms with Gasteiger partial charge in [0, 0.05) is 11.6 Å². The Kier molecular flexibility index (Phi) is 3.39. The largest absolute Gasteiger partial charge is 0.256 e. The van der Waals surface area contributed by atoms with Gasteiger partial charge in [0.05, 0.1) is 5.52 Å². The molecule has 0 spiro atoms. The first kappa shape index (κ1) is 13.7. The van der Waals surface area contributed by atoms with Crippen molar-refractivity contribution in [2.45, 2.75) is 6.92 Å². The SMILES string of the molecule is Cc1c(-c2ccccc2)cc(-c2ccccc2)c2cccnc12. The van der Waals surface area contributed by atoms with Gasteiger partial charge in [0.2, 0.25) is 0 Å². The maximum atomic E-state index is 4.65. The summed E-state index contributed by atoms with van der Waals surface area (Å²) in [5, 5.41) is 1.20. The lowest BCUT2D eigenvalue weighted by Crippen LogP contribution is -1.92. The van der Waals surface area contributed by atoms with Crippen molar-refractivity contribution in [1.29, 1.82) is 0 Å². The van der Waals surface area contributed by atoms with Crippen molar-refractivity contribution in [1.82, 2.24) is 4.98 Å². The summed E-state index contributed by atoms with van der Waals surface area (Å²) in [5.41, 5.74) is 7.24. The molecule has 0 saturated carbocycles. The van der Waals surface area contributed by atoms with Crippen LogP contribution in [-0.4, -0.2) is 4.98 Å². The minimum absolute atomic E-state index is 1.08. The minimum atomic E-state index is 1.08. The lowest BCUT2D eigenvalue weighted by molar-refractivity contribution is 1.36. The van der Waals surface area contributed by atoms with E-state index in [4.69, 9.17) is 0 Å². The molecule has 0 fully saturated rings. The van der Waals surface area contributed by atoms with Gasteiger partial charge in [-0.2, -0.15) is 0 Å². The number of benzene rings is 3. The van der Waals surface area contributed by atoms with E-state index in [1.54, 1.807) is 0 Å². The van der Waals surface area contributed by atoms with Crippen LogP contribution >= 0.6 is 0 Å². The molecule has 4 rings (SSSR count). The van der Waals surface area contributed by atoms with Crippen molar-refractivity contribution in [2.24, 2.45) is 0 Å². The Labute approximate surface area is 136 Å². The van der Waals surface area contributed by atoms with Crippen LogP contribution in [0.3, 0.4) is 0 Å². The monoisotopic (exact) mass is 295 g/mol. The van der Waals surface area contributed by atoms with E-state index < -0.39 is 0 Å². The zero-order valence-corrected chi connectivity index (χ0v) is 13.0. The lowest BCUT2D eigenvalue weighted by Gasteiger charge is -2.14. The van der Waals surface area contributed by atoms with Gasteiger partial charge >= 0.3 is 0 Å². The Bertz CT molecular complexity index is 957. The van der Waals surface area contributed by atoms with Crippen LogP contribution in [0.1, 0.15) is 5.56 Å². The van der Waals surface area contributed by atoms with Crippen LogP contribution in [-0.2, 0) is 0 Å². The van der Waals surface area contributed by atoms with Gasteiger partial charge in [-0.05, 0) is 46.9 Å². The number of pyridine rings is 1. The summed E-state index contributed by atoms with van der Waals surface area (Å²) in [5.74, 6) is 0. The summed E-state index contributed by atoms with van der Waals surface area (Å²) >= 11 is 0. The molecular weight excluding hydrogens is 278 g/mol. The zero-order valence-electron chi connectivity index (χ0n) is 13.0. The van der Waals surface area contributed by atoms with Gasteiger partial charge < -0.3 is 0 Å². The molecule has 1 nitrogen and oxygen atoms in total. The van der Waals surface area contributed by atoms with Gasteiger partial charge in [0.15, 0.2) is 0 Å². The molecule has 0 bridgehead atoms. The number of aromatic nitrogens is 1. The smallest absolute Gasteiger partial charge is 0.0743 e. The van der Waals surface area contributed by atoms with Crippen LogP contribution in [0.2, 0.25) is 0 Å². The summed E-state index contributed by atoms with van der Waals surface area (Å²) in [4.78, 5) is 4.65. The molecule has 23 heavy (non-hydrogen) atoms. The van der Waals surface area contributed by atoms with Crippen LogP contribution in [0.4, 0.5) is 0 Å². The third-order valence-corrected chi connectivity index (χ3v) is 4.32. The van der Waals surface area contributed by atoms with Crippen molar-refractivity contribution in [3.63, 3.8) is 0 Å². The predicted octanol–water partition coefficient (Wildman–Crippen LogP) is 5.88. The normalized spacial score (nSPS) is 10.8. The topological polar surface area (TPSA) is 12.9 Å². The summed E-state index contributed by atoms with van der Waals surface area (Å²) in [6.45, 7) is 2.16. The van der Waals surface area contributed by atoms with Gasteiger partial charge in [0.25, 0.3) is 0 Å². The molecule has 0 aliphatic rings. The maximum Gasteiger partial charge on any atom is 0.0743 e. The second kappa shape index (κ2) is 5.69. The zero-order chi connectivity index (χ0) is 15.6. The Balaban J connectivity index is 2.08. The Morgan fingerprint density at radius 1 is 0.652 bits per heavy atom. The van der Waals surface area contributed by atoms with E-state index in [0.29, 0.717) is 0 Å². The van der Waals surface area contributed by atoms with E-state index in [-0.39, 0.29) is 0 Å². The number of rotatable bonds is 2. The van der Waals surface area contributed by atoms with Crippen LogP contribution in [0, 0.1) is 6.92 Å². The highest BCUT2D eigenvalue weighted by atomic mass is 14.6. The van der Waals surface area contributed by atoms with Gasteiger partial charge in [-0.15, -0.1) is 0 Å². The molecule has 0 unspecified atom stereocenters. The third-order valence-electron chi connectivity index (χ3n) is 4.32. The second-order valence-corrected chi connectivity index (χ2v) is 5.73. The molecule has 1 heterocycles. The summed E-state index contributed by atoms with van der Waals surface area (Å²) in [6.07, 6.45) is 1.87. The number of fused-ring (bicyclic) bond motifs is 1. The quantitative estimate of drug-likeness (QED) is 0.450. The highest BCUT2D eigenvalue weighted by molar-refractivity contribution is 6.00. The van der Waals surface area contributed by atoms with E-state index in [2.05, 4.69) is 84.7 Å². The highest BCUT2D eigenvalue weighted by Crippen LogP contribution is 2.36. The van der Waals surface area contributed by atoms with Crippen LogP contribution in [0.5, 0.6) is 0 Å². The Morgan fingerprint density at radius 2 is 1.26 bits per heavy atom. The van der Waals surface area contributed by atoms with Crippen molar-refractivity contribution < 1.29 is 0 Å². The van der Waals surface area contributed by atoms with Crippen LogP contribution in [0.25, 0.3) is 33.2 Å². The summed E-state index contributed by atoms with van der Waals surface area (Å²) < 4.78 is 0. The Hall–Kier alpha value is -2.93. The van der Waals surface area contributed by atoms with E-state index in [0.717, 1.165) is 5.52 Å². The number of hydrogen-bond donors (Lipinski definition) is 0. The summed E-state index contributed by atoms with van der Waals surface area (Å²) in [7, 11) is 0. The third kappa shape index (κ3) is 2.40. The van der Waals surface area contributed by atoms with Crippen molar-refractivity contribution in [3.05, 3.63) is 90.6 Å². The second-order valence-electron chi connectivity index (χ2n) is 5.73. The number of aryl methyl sites for hydroxylation is 1. The molecule has 1 heteroatoms. The lowest BCUT2D eigenvalue weighted by atomic mass is 9.91. The van der Waals surface area contributed by atoms with Crippen molar-refractivity contribution in [3.8, 4) is 22.3 Å². The van der Waals surface area contributed by atoms with Gasteiger partial charge in [0.1, 0.15) is 0 Å². The number of hydrogen-bond acceptors (Lipinski definition) is 1. The maximum absolute atomic E-state index is 4.65. The molecule has 0 N–H and O–H groups in total.